The van der Waals surface area contributed by atoms with Crippen LogP contribution in [-0.4, -0.2) is 38.9 Å². The van der Waals surface area contributed by atoms with Crippen molar-refractivity contribution in [3.05, 3.63) is 76.7 Å². The predicted octanol–water partition coefficient (Wildman–Crippen LogP) is 3.96. The average molecular weight is 433 g/mol. The van der Waals surface area contributed by atoms with Crippen LogP contribution in [0.25, 0.3) is 17.0 Å². The van der Waals surface area contributed by atoms with Crippen molar-refractivity contribution in [2.45, 2.75) is 6.92 Å². The molecule has 0 atom stereocenters. The molecular formula is C22H19N5O5. The van der Waals surface area contributed by atoms with Crippen LogP contribution in [0.2, 0.25) is 0 Å². The summed E-state index contributed by atoms with van der Waals surface area (Å²) in [6.45, 7) is 2.08. The lowest BCUT2D eigenvalue weighted by molar-refractivity contribution is -0.385. The first-order chi connectivity index (χ1) is 15.5. The van der Waals surface area contributed by atoms with Crippen LogP contribution in [0.4, 0.5) is 11.4 Å². The Morgan fingerprint density at radius 2 is 2.00 bits per heavy atom. The van der Waals surface area contributed by atoms with Gasteiger partial charge < -0.3 is 14.8 Å². The number of fused-ring (bicyclic) bond motifs is 1. The Morgan fingerprint density at radius 1 is 1.22 bits per heavy atom. The van der Waals surface area contributed by atoms with E-state index < -0.39 is 10.8 Å². The number of nitrogens with zero attached hydrogens (tertiary/aromatic N) is 4. The van der Waals surface area contributed by atoms with E-state index in [1.807, 2.05) is 22.9 Å². The van der Waals surface area contributed by atoms with E-state index in [0.717, 1.165) is 11.3 Å². The van der Waals surface area contributed by atoms with E-state index in [0.29, 0.717) is 18.1 Å². The average Bonchev–Trinajstić information content (AvgIpc) is 3.23. The van der Waals surface area contributed by atoms with Gasteiger partial charge in [0.15, 0.2) is 11.5 Å². The highest BCUT2D eigenvalue weighted by atomic mass is 16.6. The molecule has 4 aromatic rings. The van der Waals surface area contributed by atoms with Gasteiger partial charge in [0, 0.05) is 35.9 Å². The zero-order valence-electron chi connectivity index (χ0n) is 17.3. The van der Waals surface area contributed by atoms with Gasteiger partial charge in [-0.15, -0.1) is 0 Å². The van der Waals surface area contributed by atoms with Crippen molar-refractivity contribution < 1.29 is 19.2 Å². The minimum absolute atomic E-state index is 0.130. The molecule has 0 spiro atoms. The van der Waals surface area contributed by atoms with Crippen LogP contribution in [0.1, 0.15) is 17.3 Å². The Labute approximate surface area is 182 Å². The highest BCUT2D eigenvalue weighted by Gasteiger charge is 2.25. The standard InChI is InChI=1S/C22H19N5O5/c1-3-32-20-11-16(18(27(29)30)12-19(20)31-2)21(28)24-15-7-5-14(6-8-15)17-13-26-10-4-9-23-22(26)25-17/h4-13H,3H2,1-2H3,(H,24,28). The molecule has 0 saturated carbocycles. The van der Waals surface area contributed by atoms with Crippen LogP contribution in [0.5, 0.6) is 11.5 Å². The number of nitro benzene ring substituents is 1. The first-order valence-corrected chi connectivity index (χ1v) is 9.71. The number of ether oxygens (including phenoxy) is 2. The highest BCUT2D eigenvalue weighted by Crippen LogP contribution is 2.35. The van der Waals surface area contributed by atoms with Gasteiger partial charge in [-0.3, -0.25) is 19.3 Å². The monoisotopic (exact) mass is 433 g/mol. The fourth-order valence-electron chi connectivity index (χ4n) is 3.20. The number of imidazole rings is 1. The second-order valence-corrected chi connectivity index (χ2v) is 6.69. The molecule has 1 N–H and O–H groups in total. The van der Waals surface area contributed by atoms with E-state index in [2.05, 4.69) is 15.3 Å². The SMILES string of the molecule is CCOc1cc(C(=O)Nc2ccc(-c3cn4cccnc4n3)cc2)c([N+](=O)[O-])cc1OC. The third-order valence-corrected chi connectivity index (χ3v) is 4.70. The topological polar surface area (TPSA) is 121 Å². The molecule has 0 fully saturated rings. The second kappa shape index (κ2) is 8.72. The molecule has 2 aromatic heterocycles. The van der Waals surface area contributed by atoms with Gasteiger partial charge in [-0.05, 0) is 25.1 Å². The van der Waals surface area contributed by atoms with Gasteiger partial charge in [0.05, 0.1) is 30.4 Å². The Balaban J connectivity index is 1.59. The maximum Gasteiger partial charge on any atom is 0.286 e. The molecule has 2 heterocycles. The first kappa shape index (κ1) is 20.8. The molecule has 0 bridgehead atoms. The maximum atomic E-state index is 12.8. The van der Waals surface area contributed by atoms with Crippen LogP contribution in [0, 0.1) is 10.1 Å². The van der Waals surface area contributed by atoms with Crippen LogP contribution < -0.4 is 14.8 Å². The van der Waals surface area contributed by atoms with Crippen molar-refractivity contribution in [3.63, 3.8) is 0 Å². The molecule has 0 saturated heterocycles. The van der Waals surface area contributed by atoms with E-state index in [-0.39, 0.29) is 22.7 Å². The molecule has 2 aromatic carbocycles. The Morgan fingerprint density at radius 3 is 2.66 bits per heavy atom. The number of methoxy groups -OCH3 is 1. The van der Waals surface area contributed by atoms with E-state index in [1.54, 1.807) is 37.4 Å². The predicted molar refractivity (Wildman–Crippen MR) is 117 cm³/mol. The maximum absolute atomic E-state index is 12.8. The first-order valence-electron chi connectivity index (χ1n) is 9.71. The van der Waals surface area contributed by atoms with E-state index in [9.17, 15) is 14.9 Å². The van der Waals surface area contributed by atoms with Crippen molar-refractivity contribution in [1.82, 2.24) is 14.4 Å². The molecular weight excluding hydrogens is 414 g/mol. The lowest BCUT2D eigenvalue weighted by atomic mass is 10.1. The quantitative estimate of drug-likeness (QED) is 0.346. The van der Waals surface area contributed by atoms with Crippen molar-refractivity contribution in [3.8, 4) is 22.8 Å². The summed E-state index contributed by atoms with van der Waals surface area (Å²) in [6, 6.07) is 11.3. The Kier molecular flexibility index (Phi) is 5.67. The Hall–Kier alpha value is -4.47. The lowest BCUT2D eigenvalue weighted by Crippen LogP contribution is -2.14. The van der Waals surface area contributed by atoms with Gasteiger partial charge >= 0.3 is 0 Å². The molecule has 4 rings (SSSR count). The van der Waals surface area contributed by atoms with Gasteiger partial charge in [0.1, 0.15) is 5.56 Å². The molecule has 162 valence electrons. The van der Waals surface area contributed by atoms with Gasteiger partial charge in [0.2, 0.25) is 5.78 Å². The normalized spacial score (nSPS) is 10.7. The number of hydrogen-bond donors (Lipinski definition) is 1. The largest absolute Gasteiger partial charge is 0.493 e. The summed E-state index contributed by atoms with van der Waals surface area (Å²) in [5, 5.41) is 14.2. The van der Waals surface area contributed by atoms with Crippen molar-refractivity contribution in [2.75, 3.05) is 19.0 Å². The summed E-state index contributed by atoms with van der Waals surface area (Å²) >= 11 is 0. The van der Waals surface area contributed by atoms with E-state index in [4.69, 9.17) is 9.47 Å². The lowest BCUT2D eigenvalue weighted by Gasteiger charge is -2.12. The summed E-state index contributed by atoms with van der Waals surface area (Å²) in [6.07, 6.45) is 5.37. The zero-order valence-corrected chi connectivity index (χ0v) is 17.3. The Bertz CT molecular complexity index is 1270. The molecule has 10 nitrogen and oxygen atoms in total. The number of anilines is 1. The van der Waals surface area contributed by atoms with Gasteiger partial charge in [-0.25, -0.2) is 9.97 Å². The summed E-state index contributed by atoms with van der Waals surface area (Å²) < 4.78 is 12.4. The van der Waals surface area contributed by atoms with Gasteiger partial charge in [-0.1, -0.05) is 12.1 Å². The van der Waals surface area contributed by atoms with Crippen LogP contribution in [-0.2, 0) is 0 Å². The molecule has 0 aliphatic carbocycles. The van der Waals surface area contributed by atoms with Crippen molar-refractivity contribution in [1.29, 1.82) is 0 Å². The van der Waals surface area contributed by atoms with Crippen LogP contribution in [0.15, 0.2) is 61.1 Å². The third-order valence-electron chi connectivity index (χ3n) is 4.70. The summed E-state index contributed by atoms with van der Waals surface area (Å²) in [4.78, 5) is 32.4. The smallest absolute Gasteiger partial charge is 0.286 e. The number of nitrogens with one attached hydrogen (secondary N) is 1. The summed E-state index contributed by atoms with van der Waals surface area (Å²) in [7, 11) is 1.38. The van der Waals surface area contributed by atoms with E-state index >= 15 is 0 Å². The highest BCUT2D eigenvalue weighted by molar-refractivity contribution is 6.07. The van der Waals surface area contributed by atoms with Crippen molar-refractivity contribution >= 4 is 23.1 Å². The van der Waals surface area contributed by atoms with Crippen molar-refractivity contribution in [2.24, 2.45) is 0 Å². The van der Waals surface area contributed by atoms with E-state index in [1.165, 1.54) is 19.2 Å². The molecule has 0 aliphatic rings. The number of nitro groups is 1. The molecule has 1 amide bonds. The third kappa shape index (κ3) is 4.06. The number of amides is 1. The minimum atomic E-state index is -0.634. The number of carbonyl (C=O) groups is 1. The fraction of sp³-hybridized carbons (Fsp3) is 0.136. The molecule has 0 unspecified atom stereocenters. The number of rotatable bonds is 7. The summed E-state index contributed by atoms with van der Waals surface area (Å²) in [5.74, 6) is 0.379. The second-order valence-electron chi connectivity index (χ2n) is 6.69. The van der Waals surface area contributed by atoms with Gasteiger partial charge in [0.25, 0.3) is 11.6 Å². The number of benzene rings is 2. The fourth-order valence-corrected chi connectivity index (χ4v) is 3.20. The minimum Gasteiger partial charge on any atom is -0.493 e. The number of hydrogen-bond acceptors (Lipinski definition) is 7. The molecule has 0 radical (unpaired) electrons. The zero-order chi connectivity index (χ0) is 22.7. The van der Waals surface area contributed by atoms with Crippen LogP contribution >= 0.6 is 0 Å². The molecule has 0 aliphatic heterocycles. The number of aromatic nitrogens is 3. The number of carbonyl (C=O) groups excluding carboxylic acids is 1. The molecule has 10 heteroatoms. The molecule has 32 heavy (non-hydrogen) atoms. The summed E-state index contributed by atoms with van der Waals surface area (Å²) in [5.41, 5.74) is 1.53. The van der Waals surface area contributed by atoms with Crippen LogP contribution in [0.3, 0.4) is 0 Å². The van der Waals surface area contributed by atoms with Gasteiger partial charge in [-0.2, -0.15) is 0 Å².